The highest BCUT2D eigenvalue weighted by Crippen LogP contribution is 2.55. The van der Waals surface area contributed by atoms with Gasteiger partial charge in [0, 0.05) is 16.7 Å². The van der Waals surface area contributed by atoms with Crippen molar-refractivity contribution in [1.29, 1.82) is 0 Å². The van der Waals surface area contributed by atoms with Crippen molar-refractivity contribution in [2.45, 2.75) is 38.3 Å². The standard InChI is InChI=1S/C51H40N2/c1-51(2)44-31-41(50-52-46(35-17-7-4-8-18-35)32-47(53-50)39-22-13-21-37(28-39)33-14-5-3-6-15-33)26-27-43(44)49-45(51)30-38-20-11-12-23-42(38)48(49)40-25-24-34-16-9-10-19-36(34)29-40/h3-9,11-18,20-32,50,52H,10,19H2,1-2H3. The fourth-order valence-corrected chi connectivity index (χ4v) is 8.74. The van der Waals surface area contributed by atoms with Crippen molar-refractivity contribution in [3.05, 3.63) is 203 Å². The van der Waals surface area contributed by atoms with Crippen LogP contribution in [0.5, 0.6) is 0 Å². The Labute approximate surface area is 311 Å². The number of nitrogens with one attached hydrogen (secondary N) is 1. The van der Waals surface area contributed by atoms with Crippen LogP contribution in [0.4, 0.5) is 0 Å². The number of hydrogen-bond acceptors (Lipinski definition) is 2. The molecule has 2 heteroatoms. The van der Waals surface area contributed by atoms with E-state index in [1.165, 1.54) is 66.4 Å². The van der Waals surface area contributed by atoms with Crippen LogP contribution in [0, 0.1) is 0 Å². The van der Waals surface area contributed by atoms with E-state index in [0.717, 1.165) is 40.9 Å². The molecule has 0 amide bonds. The molecule has 53 heavy (non-hydrogen) atoms. The van der Waals surface area contributed by atoms with Crippen LogP contribution in [-0.4, -0.2) is 5.71 Å². The molecule has 1 N–H and O–H groups in total. The molecule has 0 fully saturated rings. The first kappa shape index (κ1) is 31.5. The van der Waals surface area contributed by atoms with Crippen molar-refractivity contribution in [2.24, 2.45) is 4.99 Å². The first-order valence-electron chi connectivity index (χ1n) is 18.8. The Morgan fingerprint density at radius 2 is 1.36 bits per heavy atom. The molecule has 1 atom stereocenters. The van der Waals surface area contributed by atoms with Crippen LogP contribution in [0.25, 0.3) is 55.9 Å². The lowest BCUT2D eigenvalue weighted by Gasteiger charge is -2.27. The van der Waals surface area contributed by atoms with Gasteiger partial charge in [0.15, 0.2) is 0 Å². The molecule has 0 spiro atoms. The summed E-state index contributed by atoms with van der Waals surface area (Å²) in [6.45, 7) is 4.79. The van der Waals surface area contributed by atoms with Crippen molar-refractivity contribution < 1.29 is 0 Å². The summed E-state index contributed by atoms with van der Waals surface area (Å²) in [5.41, 5.74) is 18.5. The largest absolute Gasteiger partial charge is 0.360 e. The summed E-state index contributed by atoms with van der Waals surface area (Å²) in [5.74, 6) is 0. The highest BCUT2D eigenvalue weighted by Gasteiger charge is 2.38. The molecule has 2 aliphatic carbocycles. The Morgan fingerprint density at radius 3 is 2.21 bits per heavy atom. The molecule has 0 bridgehead atoms. The van der Waals surface area contributed by atoms with Gasteiger partial charge in [0.25, 0.3) is 0 Å². The summed E-state index contributed by atoms with van der Waals surface area (Å²) in [4.78, 5) is 5.43. The maximum atomic E-state index is 5.43. The van der Waals surface area contributed by atoms with Gasteiger partial charge in [-0.25, -0.2) is 0 Å². The lowest BCUT2D eigenvalue weighted by Crippen LogP contribution is -2.25. The van der Waals surface area contributed by atoms with Gasteiger partial charge in [0.1, 0.15) is 6.17 Å². The molecule has 7 aromatic rings. The minimum atomic E-state index is -0.248. The van der Waals surface area contributed by atoms with Gasteiger partial charge in [-0.15, -0.1) is 0 Å². The number of aliphatic imine (C=N–C) groups is 1. The molecule has 1 unspecified atom stereocenters. The summed E-state index contributed by atoms with van der Waals surface area (Å²) in [7, 11) is 0. The minimum Gasteiger partial charge on any atom is -0.360 e. The molecule has 254 valence electrons. The molecule has 1 aliphatic heterocycles. The summed E-state index contributed by atoms with van der Waals surface area (Å²) >= 11 is 0. The molecular formula is C51H40N2. The van der Waals surface area contributed by atoms with E-state index in [-0.39, 0.29) is 11.6 Å². The molecule has 0 saturated carbocycles. The van der Waals surface area contributed by atoms with E-state index in [1.54, 1.807) is 0 Å². The highest BCUT2D eigenvalue weighted by molar-refractivity contribution is 6.13. The lowest BCUT2D eigenvalue weighted by atomic mass is 9.80. The van der Waals surface area contributed by atoms with E-state index in [4.69, 9.17) is 4.99 Å². The van der Waals surface area contributed by atoms with E-state index in [1.807, 2.05) is 0 Å². The molecule has 0 aromatic heterocycles. The Morgan fingerprint density at radius 1 is 0.604 bits per heavy atom. The SMILES string of the molecule is CC1(C)c2cc(C3N=C(c4cccc(-c5ccccc5)c4)C=C(c4ccccc4)N3)ccc2-c2c1cc1ccccc1c2-c1ccc2c(c1)CCC=C2. The first-order chi connectivity index (χ1) is 26.0. The van der Waals surface area contributed by atoms with Crippen molar-refractivity contribution in [3.63, 3.8) is 0 Å². The van der Waals surface area contributed by atoms with Gasteiger partial charge in [-0.3, -0.25) is 4.99 Å². The predicted molar refractivity (Wildman–Crippen MR) is 223 cm³/mol. The second-order valence-electron chi connectivity index (χ2n) is 15.1. The molecule has 10 rings (SSSR count). The van der Waals surface area contributed by atoms with Crippen LogP contribution in [0.1, 0.15) is 65.4 Å². The quantitative estimate of drug-likeness (QED) is 0.192. The fraction of sp³-hybridized carbons (Fsp3) is 0.118. The number of allylic oxidation sites excluding steroid dienone is 2. The number of rotatable bonds is 5. The molecular weight excluding hydrogens is 641 g/mol. The summed E-state index contributed by atoms with van der Waals surface area (Å²) in [6.07, 6.45) is 8.72. The monoisotopic (exact) mass is 680 g/mol. The first-order valence-corrected chi connectivity index (χ1v) is 18.8. The van der Waals surface area contributed by atoms with Crippen LogP contribution in [-0.2, 0) is 11.8 Å². The zero-order valence-electron chi connectivity index (χ0n) is 30.1. The summed E-state index contributed by atoms with van der Waals surface area (Å²) < 4.78 is 0. The lowest BCUT2D eigenvalue weighted by molar-refractivity contribution is 0.642. The summed E-state index contributed by atoms with van der Waals surface area (Å²) in [6, 6.07) is 55.5. The number of fused-ring (bicyclic) bond motifs is 5. The van der Waals surface area contributed by atoms with Crippen LogP contribution in [0.3, 0.4) is 0 Å². The second kappa shape index (κ2) is 12.5. The number of aryl methyl sites for hydroxylation is 1. The Hall–Kier alpha value is -6.25. The molecule has 7 aromatic carbocycles. The smallest absolute Gasteiger partial charge is 0.145 e. The van der Waals surface area contributed by atoms with Gasteiger partial charge in [-0.1, -0.05) is 166 Å². The maximum Gasteiger partial charge on any atom is 0.145 e. The van der Waals surface area contributed by atoms with Crippen molar-refractivity contribution in [2.75, 3.05) is 0 Å². The van der Waals surface area contributed by atoms with Gasteiger partial charge < -0.3 is 5.32 Å². The molecule has 3 aliphatic rings. The van der Waals surface area contributed by atoms with Gasteiger partial charge in [0.2, 0.25) is 0 Å². The summed E-state index contributed by atoms with van der Waals surface area (Å²) in [5, 5.41) is 6.43. The Bertz CT molecular complexity index is 2660. The van der Waals surface area contributed by atoms with Crippen molar-refractivity contribution in [3.8, 4) is 33.4 Å². The number of benzene rings is 7. The van der Waals surface area contributed by atoms with Gasteiger partial charge >= 0.3 is 0 Å². The zero-order chi connectivity index (χ0) is 35.5. The third-order valence-electron chi connectivity index (χ3n) is 11.5. The third kappa shape index (κ3) is 5.37. The van der Waals surface area contributed by atoms with Gasteiger partial charge in [-0.2, -0.15) is 0 Å². The third-order valence-corrected chi connectivity index (χ3v) is 11.5. The minimum absolute atomic E-state index is 0.195. The average molecular weight is 681 g/mol. The number of nitrogens with zero attached hydrogens (tertiary/aromatic N) is 1. The van der Waals surface area contributed by atoms with Gasteiger partial charge in [0.05, 0.1) is 5.71 Å². The number of hydrogen-bond donors (Lipinski definition) is 1. The fourth-order valence-electron chi connectivity index (χ4n) is 8.74. The average Bonchev–Trinajstić information content (AvgIpc) is 3.45. The maximum absolute atomic E-state index is 5.43. The second-order valence-corrected chi connectivity index (χ2v) is 15.1. The normalized spacial score (nSPS) is 16.6. The van der Waals surface area contributed by atoms with Gasteiger partial charge in [-0.05, 0) is 109 Å². The van der Waals surface area contributed by atoms with E-state index in [2.05, 4.69) is 189 Å². The van der Waals surface area contributed by atoms with Crippen LogP contribution in [0.2, 0.25) is 0 Å². The van der Waals surface area contributed by atoms with Crippen LogP contribution in [0.15, 0.2) is 169 Å². The molecule has 0 saturated heterocycles. The van der Waals surface area contributed by atoms with Crippen LogP contribution >= 0.6 is 0 Å². The van der Waals surface area contributed by atoms with E-state index < -0.39 is 0 Å². The van der Waals surface area contributed by atoms with Crippen molar-refractivity contribution in [1.82, 2.24) is 5.32 Å². The Kier molecular flexibility index (Phi) is 7.40. The molecule has 0 radical (unpaired) electrons. The molecule has 2 nitrogen and oxygen atoms in total. The van der Waals surface area contributed by atoms with E-state index >= 15 is 0 Å². The predicted octanol–water partition coefficient (Wildman–Crippen LogP) is 12.6. The zero-order valence-corrected chi connectivity index (χ0v) is 30.1. The van der Waals surface area contributed by atoms with E-state index in [9.17, 15) is 0 Å². The van der Waals surface area contributed by atoms with E-state index in [0.29, 0.717) is 0 Å². The Balaban J connectivity index is 1.11. The molecule has 1 heterocycles. The van der Waals surface area contributed by atoms with Crippen molar-refractivity contribution >= 4 is 28.3 Å². The highest BCUT2D eigenvalue weighted by atomic mass is 15.1. The van der Waals surface area contributed by atoms with Crippen LogP contribution < -0.4 is 5.32 Å². The topological polar surface area (TPSA) is 24.4 Å².